The Hall–Kier alpha value is -1.77. The number of aliphatic carboxylic acids is 1. The van der Waals surface area contributed by atoms with Gasteiger partial charge in [0.15, 0.2) is 0 Å². The summed E-state index contributed by atoms with van der Waals surface area (Å²) < 4.78 is 0. The Bertz CT molecular complexity index is 358. The maximum atomic E-state index is 10.5. The van der Waals surface area contributed by atoms with E-state index in [9.17, 15) is 4.79 Å². The van der Waals surface area contributed by atoms with Crippen LogP contribution >= 0.6 is 0 Å². The summed E-state index contributed by atoms with van der Waals surface area (Å²) in [5.41, 5.74) is 7.87. The molecular formula is C11H13NO2. The minimum Gasteiger partial charge on any atom is -0.481 e. The molecule has 3 nitrogen and oxygen atoms in total. The van der Waals surface area contributed by atoms with Gasteiger partial charge < -0.3 is 10.8 Å². The second-order valence-electron chi connectivity index (χ2n) is 3.10. The lowest BCUT2D eigenvalue weighted by atomic mass is 10.0. The van der Waals surface area contributed by atoms with Gasteiger partial charge in [0.25, 0.3) is 0 Å². The second kappa shape index (κ2) is 4.46. The first-order chi connectivity index (χ1) is 6.63. The van der Waals surface area contributed by atoms with Gasteiger partial charge in [0.1, 0.15) is 0 Å². The van der Waals surface area contributed by atoms with Crippen molar-refractivity contribution in [2.75, 3.05) is 5.73 Å². The summed E-state index contributed by atoms with van der Waals surface area (Å²) >= 11 is 0. The maximum absolute atomic E-state index is 10.5. The van der Waals surface area contributed by atoms with Gasteiger partial charge in [-0.05, 0) is 23.6 Å². The molecule has 0 spiro atoms. The minimum absolute atomic E-state index is 0.0309. The van der Waals surface area contributed by atoms with Crippen molar-refractivity contribution in [1.82, 2.24) is 0 Å². The number of anilines is 1. The highest BCUT2D eigenvalue weighted by Gasteiger charge is 2.05. The largest absolute Gasteiger partial charge is 0.481 e. The molecule has 3 N–H and O–H groups in total. The van der Waals surface area contributed by atoms with Gasteiger partial charge in [-0.2, -0.15) is 0 Å². The second-order valence-corrected chi connectivity index (χ2v) is 3.10. The number of benzene rings is 1. The average molecular weight is 191 g/mol. The van der Waals surface area contributed by atoms with Crippen molar-refractivity contribution in [1.29, 1.82) is 0 Å². The Morgan fingerprint density at radius 1 is 1.57 bits per heavy atom. The fourth-order valence-electron chi connectivity index (χ4n) is 1.27. The van der Waals surface area contributed by atoms with Crippen LogP contribution in [0.25, 0.3) is 0 Å². The van der Waals surface area contributed by atoms with Crippen molar-refractivity contribution in [3.63, 3.8) is 0 Å². The van der Waals surface area contributed by atoms with Crippen molar-refractivity contribution in [3.05, 3.63) is 42.0 Å². The van der Waals surface area contributed by atoms with Crippen molar-refractivity contribution in [2.45, 2.75) is 12.8 Å². The van der Waals surface area contributed by atoms with E-state index in [4.69, 9.17) is 10.8 Å². The first kappa shape index (κ1) is 10.3. The number of carbonyl (C=O) groups is 1. The van der Waals surface area contributed by atoms with E-state index in [0.29, 0.717) is 11.3 Å². The molecule has 0 aliphatic heterocycles. The Kier molecular flexibility index (Phi) is 3.29. The predicted octanol–water partition coefficient (Wildman–Crippen LogP) is 1.62. The molecule has 0 aromatic heterocycles. The normalized spacial score (nSPS) is 9.71. The van der Waals surface area contributed by atoms with Gasteiger partial charge in [0.2, 0.25) is 0 Å². The van der Waals surface area contributed by atoms with Crippen LogP contribution in [-0.4, -0.2) is 11.1 Å². The summed E-state index contributed by atoms with van der Waals surface area (Å²) in [6.45, 7) is 3.62. The van der Waals surface area contributed by atoms with E-state index in [1.807, 2.05) is 12.1 Å². The molecule has 1 aromatic rings. The van der Waals surface area contributed by atoms with Gasteiger partial charge in [0, 0.05) is 5.69 Å². The van der Waals surface area contributed by atoms with E-state index in [-0.39, 0.29) is 6.42 Å². The van der Waals surface area contributed by atoms with Gasteiger partial charge in [-0.15, -0.1) is 6.58 Å². The topological polar surface area (TPSA) is 63.3 Å². The molecule has 1 rings (SSSR count). The Balaban J connectivity index is 2.95. The Morgan fingerprint density at radius 2 is 2.29 bits per heavy atom. The van der Waals surface area contributed by atoms with Gasteiger partial charge >= 0.3 is 5.97 Å². The molecule has 0 saturated carbocycles. The lowest BCUT2D eigenvalue weighted by Gasteiger charge is -2.05. The minimum atomic E-state index is -0.868. The quantitative estimate of drug-likeness (QED) is 0.561. The molecule has 1 aromatic carbocycles. The molecule has 0 bridgehead atoms. The molecule has 0 heterocycles. The van der Waals surface area contributed by atoms with Crippen LogP contribution in [0.5, 0.6) is 0 Å². The van der Waals surface area contributed by atoms with Crippen LogP contribution in [0.4, 0.5) is 5.69 Å². The fraction of sp³-hybridized carbons (Fsp3) is 0.182. The SMILES string of the molecule is C=CCc1ccc(N)c(CC(=O)O)c1. The summed E-state index contributed by atoms with van der Waals surface area (Å²) in [4.78, 5) is 10.5. The van der Waals surface area contributed by atoms with Gasteiger partial charge in [0.05, 0.1) is 6.42 Å². The van der Waals surface area contributed by atoms with E-state index in [1.165, 1.54) is 0 Å². The lowest BCUT2D eigenvalue weighted by molar-refractivity contribution is -0.136. The molecule has 0 saturated heterocycles. The number of hydrogen-bond acceptors (Lipinski definition) is 2. The smallest absolute Gasteiger partial charge is 0.307 e. The summed E-state index contributed by atoms with van der Waals surface area (Å²) in [7, 11) is 0. The zero-order chi connectivity index (χ0) is 10.6. The van der Waals surface area contributed by atoms with Gasteiger partial charge in [-0.1, -0.05) is 18.2 Å². The molecule has 0 aliphatic rings. The van der Waals surface area contributed by atoms with Crippen LogP contribution in [0.2, 0.25) is 0 Å². The number of carboxylic acid groups (broad SMARTS) is 1. The molecule has 74 valence electrons. The summed E-state index contributed by atoms with van der Waals surface area (Å²) in [5, 5.41) is 8.64. The van der Waals surface area contributed by atoms with Crippen molar-refractivity contribution >= 4 is 11.7 Å². The molecule has 0 amide bonds. The van der Waals surface area contributed by atoms with E-state index in [2.05, 4.69) is 6.58 Å². The molecule has 0 aliphatic carbocycles. The highest BCUT2D eigenvalue weighted by Crippen LogP contribution is 2.15. The summed E-state index contributed by atoms with van der Waals surface area (Å²) in [6, 6.07) is 5.42. The standard InChI is InChI=1S/C11H13NO2/c1-2-3-8-4-5-10(12)9(6-8)7-11(13)14/h2,4-6H,1,3,7,12H2,(H,13,14). The van der Waals surface area contributed by atoms with Crippen molar-refractivity contribution in [3.8, 4) is 0 Å². The molecule has 0 atom stereocenters. The van der Waals surface area contributed by atoms with Crippen LogP contribution in [0.15, 0.2) is 30.9 Å². The number of nitrogens with two attached hydrogens (primary N) is 1. The van der Waals surface area contributed by atoms with E-state index in [0.717, 1.165) is 12.0 Å². The Morgan fingerprint density at radius 3 is 2.86 bits per heavy atom. The number of hydrogen-bond donors (Lipinski definition) is 2. The van der Waals surface area contributed by atoms with E-state index < -0.39 is 5.97 Å². The monoisotopic (exact) mass is 191 g/mol. The number of carboxylic acids is 1. The van der Waals surface area contributed by atoms with Gasteiger partial charge in [-0.25, -0.2) is 0 Å². The average Bonchev–Trinajstić information content (AvgIpc) is 2.10. The van der Waals surface area contributed by atoms with Crippen LogP contribution in [-0.2, 0) is 17.6 Å². The lowest BCUT2D eigenvalue weighted by Crippen LogP contribution is -2.04. The third-order valence-corrected chi connectivity index (χ3v) is 1.93. The van der Waals surface area contributed by atoms with Crippen molar-refractivity contribution < 1.29 is 9.90 Å². The number of nitrogen functional groups attached to an aromatic ring is 1. The molecule has 3 heteroatoms. The fourth-order valence-corrected chi connectivity index (χ4v) is 1.27. The molecule has 0 unspecified atom stereocenters. The highest BCUT2D eigenvalue weighted by molar-refractivity contribution is 5.73. The summed E-state index contributed by atoms with van der Waals surface area (Å²) in [6.07, 6.45) is 2.47. The molecular weight excluding hydrogens is 178 g/mol. The van der Waals surface area contributed by atoms with E-state index >= 15 is 0 Å². The Labute approximate surface area is 82.9 Å². The zero-order valence-corrected chi connectivity index (χ0v) is 7.86. The third kappa shape index (κ3) is 2.62. The third-order valence-electron chi connectivity index (χ3n) is 1.93. The zero-order valence-electron chi connectivity index (χ0n) is 7.86. The maximum Gasteiger partial charge on any atom is 0.307 e. The van der Waals surface area contributed by atoms with Gasteiger partial charge in [-0.3, -0.25) is 4.79 Å². The van der Waals surface area contributed by atoms with Crippen molar-refractivity contribution in [2.24, 2.45) is 0 Å². The van der Waals surface area contributed by atoms with Crippen LogP contribution in [0, 0.1) is 0 Å². The molecule has 0 radical (unpaired) electrons. The number of rotatable bonds is 4. The first-order valence-electron chi connectivity index (χ1n) is 4.33. The van der Waals surface area contributed by atoms with Crippen LogP contribution in [0.3, 0.4) is 0 Å². The summed E-state index contributed by atoms with van der Waals surface area (Å²) in [5.74, 6) is -0.868. The predicted molar refractivity (Wildman–Crippen MR) is 56.1 cm³/mol. The van der Waals surface area contributed by atoms with Crippen LogP contribution in [0.1, 0.15) is 11.1 Å². The highest BCUT2D eigenvalue weighted by atomic mass is 16.4. The molecule has 0 fully saturated rings. The molecule has 14 heavy (non-hydrogen) atoms. The first-order valence-corrected chi connectivity index (χ1v) is 4.33. The number of allylic oxidation sites excluding steroid dienone is 1. The van der Waals surface area contributed by atoms with E-state index in [1.54, 1.807) is 12.1 Å². The van der Waals surface area contributed by atoms with Crippen LogP contribution < -0.4 is 5.73 Å².